The molecular formula is C10H13N5OS. The van der Waals surface area contributed by atoms with Crippen LogP contribution in [0.2, 0.25) is 0 Å². The largest absolute Gasteiger partial charge is 0.340 e. The normalized spacial score (nSPS) is 16.6. The van der Waals surface area contributed by atoms with Crippen LogP contribution in [0.5, 0.6) is 0 Å². The number of carbonyl (C=O) groups excluding carboxylic acids is 1. The zero-order valence-corrected chi connectivity index (χ0v) is 10.1. The minimum Gasteiger partial charge on any atom is -0.340 e. The lowest BCUT2D eigenvalue weighted by atomic mass is 10.2. The number of hydrogen-bond acceptors (Lipinski definition) is 5. The molecule has 1 aliphatic heterocycles. The molecule has 3 heterocycles. The van der Waals surface area contributed by atoms with E-state index in [0.717, 1.165) is 36.8 Å². The summed E-state index contributed by atoms with van der Waals surface area (Å²) in [7, 11) is 0. The highest BCUT2D eigenvalue weighted by Crippen LogP contribution is 2.10. The molecule has 0 atom stereocenters. The molecule has 2 aromatic heterocycles. The first-order valence-corrected chi connectivity index (χ1v) is 6.47. The molecule has 1 amide bonds. The van der Waals surface area contributed by atoms with Gasteiger partial charge in [0.1, 0.15) is 5.51 Å². The van der Waals surface area contributed by atoms with E-state index in [1.807, 2.05) is 11.1 Å². The van der Waals surface area contributed by atoms with E-state index in [9.17, 15) is 4.79 Å². The predicted molar refractivity (Wildman–Crippen MR) is 64.0 cm³/mol. The predicted octanol–water partition coefficient (Wildman–Crippen LogP) is -0.235. The molecule has 6 nitrogen and oxygen atoms in total. The molecule has 7 heteroatoms. The van der Waals surface area contributed by atoms with Crippen molar-refractivity contribution < 1.29 is 4.79 Å². The summed E-state index contributed by atoms with van der Waals surface area (Å²) in [5, 5.41) is 7.33. The summed E-state index contributed by atoms with van der Waals surface area (Å²) in [6.45, 7) is 3.34. The third kappa shape index (κ3) is 2.16. The molecule has 0 unspecified atom stereocenters. The van der Waals surface area contributed by atoms with Gasteiger partial charge in [0.25, 0.3) is 0 Å². The van der Waals surface area contributed by atoms with Crippen LogP contribution in [-0.2, 0) is 11.2 Å². The van der Waals surface area contributed by atoms with Crippen molar-refractivity contribution in [3.8, 4) is 0 Å². The Kier molecular flexibility index (Phi) is 2.77. The van der Waals surface area contributed by atoms with Gasteiger partial charge >= 0.3 is 0 Å². The molecule has 0 radical (unpaired) electrons. The monoisotopic (exact) mass is 251 g/mol. The highest BCUT2D eigenvalue weighted by molar-refractivity contribution is 7.14. The number of amides is 1. The minimum atomic E-state index is 0.150. The molecule has 0 spiro atoms. The van der Waals surface area contributed by atoms with Crippen molar-refractivity contribution in [1.29, 1.82) is 0 Å². The van der Waals surface area contributed by atoms with Crippen LogP contribution >= 0.6 is 11.3 Å². The lowest BCUT2D eigenvalue weighted by Gasteiger charge is -2.27. The number of nitrogens with zero attached hydrogens (tertiary/aromatic N) is 4. The molecule has 3 rings (SSSR count). The molecule has 0 bridgehead atoms. The Morgan fingerprint density at radius 3 is 3.06 bits per heavy atom. The van der Waals surface area contributed by atoms with Crippen LogP contribution in [-0.4, -0.2) is 51.6 Å². The van der Waals surface area contributed by atoms with Crippen molar-refractivity contribution in [2.24, 2.45) is 0 Å². The van der Waals surface area contributed by atoms with Crippen LogP contribution in [0.1, 0.15) is 5.69 Å². The lowest BCUT2D eigenvalue weighted by Crippen LogP contribution is -2.46. The van der Waals surface area contributed by atoms with Crippen LogP contribution in [0, 0.1) is 0 Å². The van der Waals surface area contributed by atoms with Gasteiger partial charge in [-0.25, -0.2) is 9.50 Å². The first-order valence-electron chi connectivity index (χ1n) is 5.59. The summed E-state index contributed by atoms with van der Waals surface area (Å²) in [5.74, 6) is 0.150. The Morgan fingerprint density at radius 2 is 2.29 bits per heavy atom. The van der Waals surface area contributed by atoms with Crippen molar-refractivity contribution in [3.05, 3.63) is 17.4 Å². The Balaban J connectivity index is 1.69. The standard InChI is InChI=1S/C10H13N5OS/c16-9(14-3-1-11-2-4-14)5-8-6-15-10(13-8)17-7-12-15/h6-7,11H,1-5H2. The second kappa shape index (κ2) is 4.42. The number of piperazine rings is 1. The van der Waals surface area contributed by atoms with E-state index in [4.69, 9.17) is 0 Å². The van der Waals surface area contributed by atoms with Gasteiger partial charge in [0.2, 0.25) is 10.9 Å². The lowest BCUT2D eigenvalue weighted by molar-refractivity contribution is -0.131. The Morgan fingerprint density at radius 1 is 1.47 bits per heavy atom. The average molecular weight is 251 g/mol. The molecule has 1 N–H and O–H groups in total. The summed E-state index contributed by atoms with van der Waals surface area (Å²) in [6.07, 6.45) is 2.20. The van der Waals surface area contributed by atoms with Gasteiger partial charge in [-0.2, -0.15) is 5.10 Å². The molecule has 17 heavy (non-hydrogen) atoms. The van der Waals surface area contributed by atoms with Crippen LogP contribution in [0.25, 0.3) is 4.96 Å². The Hall–Kier alpha value is -1.47. The molecule has 0 aromatic carbocycles. The van der Waals surface area contributed by atoms with Gasteiger partial charge in [-0.05, 0) is 0 Å². The Labute approximate surface area is 102 Å². The maximum Gasteiger partial charge on any atom is 0.228 e. The van der Waals surface area contributed by atoms with Crippen molar-refractivity contribution >= 4 is 22.2 Å². The van der Waals surface area contributed by atoms with Crippen molar-refractivity contribution in [3.63, 3.8) is 0 Å². The molecule has 0 aliphatic carbocycles. The second-order valence-electron chi connectivity index (χ2n) is 4.01. The number of aromatic nitrogens is 3. The van der Waals surface area contributed by atoms with Crippen LogP contribution in [0.3, 0.4) is 0 Å². The third-order valence-corrected chi connectivity index (χ3v) is 3.53. The van der Waals surface area contributed by atoms with Crippen LogP contribution < -0.4 is 5.32 Å². The van der Waals surface area contributed by atoms with Gasteiger partial charge in [-0.1, -0.05) is 11.3 Å². The molecular weight excluding hydrogens is 238 g/mol. The number of rotatable bonds is 2. The molecule has 90 valence electrons. The Bertz CT molecular complexity index is 499. The molecule has 0 saturated carbocycles. The fourth-order valence-electron chi connectivity index (χ4n) is 1.95. The summed E-state index contributed by atoms with van der Waals surface area (Å²) in [4.78, 5) is 19.1. The molecule has 1 aliphatic rings. The van der Waals surface area contributed by atoms with Crippen LogP contribution in [0.4, 0.5) is 0 Å². The minimum absolute atomic E-state index is 0.150. The summed E-state index contributed by atoms with van der Waals surface area (Å²) in [6, 6.07) is 0. The zero-order chi connectivity index (χ0) is 11.7. The van der Waals surface area contributed by atoms with Gasteiger partial charge in [-0.15, -0.1) is 0 Å². The van der Waals surface area contributed by atoms with Crippen molar-refractivity contribution in [2.75, 3.05) is 26.2 Å². The fraction of sp³-hybridized carbons (Fsp3) is 0.500. The quantitative estimate of drug-likeness (QED) is 0.800. The number of carbonyl (C=O) groups is 1. The van der Waals surface area contributed by atoms with Gasteiger partial charge in [-0.3, -0.25) is 4.79 Å². The highest BCUT2D eigenvalue weighted by Gasteiger charge is 2.17. The van der Waals surface area contributed by atoms with Crippen LogP contribution in [0.15, 0.2) is 11.7 Å². The van der Waals surface area contributed by atoms with Crippen molar-refractivity contribution in [2.45, 2.75) is 6.42 Å². The second-order valence-corrected chi connectivity index (χ2v) is 4.82. The van der Waals surface area contributed by atoms with E-state index in [1.54, 1.807) is 10.0 Å². The van der Waals surface area contributed by atoms with E-state index in [0.29, 0.717) is 6.42 Å². The van der Waals surface area contributed by atoms with Gasteiger partial charge in [0, 0.05) is 26.2 Å². The zero-order valence-electron chi connectivity index (χ0n) is 9.30. The SMILES string of the molecule is O=C(Cc1cn2ncsc2n1)N1CCNCC1. The summed E-state index contributed by atoms with van der Waals surface area (Å²) < 4.78 is 1.71. The van der Waals surface area contributed by atoms with Gasteiger partial charge in [0.05, 0.1) is 18.3 Å². The summed E-state index contributed by atoms with van der Waals surface area (Å²) >= 11 is 1.48. The first kappa shape index (κ1) is 10.7. The maximum atomic E-state index is 12.0. The van der Waals surface area contributed by atoms with E-state index < -0.39 is 0 Å². The number of hydrogen-bond donors (Lipinski definition) is 1. The van der Waals surface area contributed by atoms with E-state index in [2.05, 4.69) is 15.4 Å². The fourth-order valence-corrected chi connectivity index (χ4v) is 2.57. The smallest absolute Gasteiger partial charge is 0.228 e. The van der Waals surface area contributed by atoms with Gasteiger partial charge in [0.15, 0.2) is 0 Å². The summed E-state index contributed by atoms with van der Waals surface area (Å²) in [5.41, 5.74) is 2.54. The maximum absolute atomic E-state index is 12.0. The topological polar surface area (TPSA) is 62.5 Å². The van der Waals surface area contributed by atoms with Gasteiger partial charge < -0.3 is 10.2 Å². The number of fused-ring (bicyclic) bond motifs is 1. The first-order chi connectivity index (χ1) is 8.33. The van der Waals surface area contributed by atoms with E-state index >= 15 is 0 Å². The molecule has 1 saturated heterocycles. The molecule has 1 fully saturated rings. The average Bonchev–Trinajstić information content (AvgIpc) is 2.90. The third-order valence-electron chi connectivity index (χ3n) is 2.84. The van der Waals surface area contributed by atoms with Crippen molar-refractivity contribution in [1.82, 2.24) is 24.8 Å². The number of nitrogens with one attached hydrogen (secondary N) is 1. The van der Waals surface area contributed by atoms with E-state index in [-0.39, 0.29) is 5.91 Å². The number of imidazole rings is 1. The highest BCUT2D eigenvalue weighted by atomic mass is 32.1. The van der Waals surface area contributed by atoms with E-state index in [1.165, 1.54) is 11.3 Å². The molecule has 2 aromatic rings.